The van der Waals surface area contributed by atoms with Crippen molar-refractivity contribution in [1.82, 2.24) is 10.3 Å². The minimum atomic E-state index is -0.987. The summed E-state index contributed by atoms with van der Waals surface area (Å²) in [5, 5.41) is 16.9. The third-order valence-electron chi connectivity index (χ3n) is 2.74. The molecule has 0 aliphatic heterocycles. The van der Waals surface area contributed by atoms with E-state index in [1.54, 1.807) is 24.5 Å². The maximum atomic E-state index is 11.2. The van der Waals surface area contributed by atoms with Gasteiger partial charge in [0.15, 0.2) is 12.1 Å². The molecule has 0 saturated carbocycles. The predicted octanol–water partition coefficient (Wildman–Crippen LogP) is 0.978. The van der Waals surface area contributed by atoms with Gasteiger partial charge in [-0.3, -0.25) is 19.6 Å². The summed E-state index contributed by atoms with van der Waals surface area (Å²) >= 11 is 0. The average Bonchev–Trinajstić information content (AvgIpc) is 2.82. The molecule has 1 atom stereocenters. The number of rotatable bonds is 4. The van der Waals surface area contributed by atoms with Crippen LogP contribution < -0.4 is 10.00 Å². The Labute approximate surface area is 116 Å². The quantitative estimate of drug-likeness (QED) is 0.813. The van der Waals surface area contributed by atoms with Crippen molar-refractivity contribution in [2.24, 2.45) is 0 Å². The lowest BCUT2D eigenvalue weighted by atomic mass is 10.1. The molecule has 1 amide bonds. The van der Waals surface area contributed by atoms with Crippen LogP contribution in [0.2, 0.25) is 0 Å². The van der Waals surface area contributed by atoms with Crippen LogP contribution in [0, 0.1) is 0 Å². The molecule has 7 nitrogen and oxygen atoms in total. The molecule has 0 bridgehead atoms. The van der Waals surface area contributed by atoms with Crippen LogP contribution in [0.5, 0.6) is 0 Å². The standard InChI is InChI=1S/C13H16N4O3/c1-8(2)17-11(13(20-16-17)15-9(3)18)12(19)10-5-4-6-14-7-10/h4-8,12,19H,1-3H3/p+1. The van der Waals surface area contributed by atoms with E-state index in [9.17, 15) is 9.90 Å². The smallest absolute Gasteiger partial charge is 0.308 e. The zero-order valence-corrected chi connectivity index (χ0v) is 11.6. The van der Waals surface area contributed by atoms with E-state index in [2.05, 4.69) is 15.6 Å². The number of carbonyl (C=O) groups excluding carboxylic acids is 1. The van der Waals surface area contributed by atoms with E-state index >= 15 is 0 Å². The number of hydrogen-bond acceptors (Lipinski definition) is 5. The van der Waals surface area contributed by atoms with Crippen LogP contribution in [0.1, 0.15) is 44.2 Å². The Balaban J connectivity index is 2.47. The number of anilines is 1. The molecule has 0 saturated heterocycles. The molecule has 2 aromatic heterocycles. The Bertz CT molecular complexity index is 595. The number of pyridine rings is 1. The van der Waals surface area contributed by atoms with Gasteiger partial charge in [0.1, 0.15) is 0 Å². The first kappa shape index (κ1) is 14.1. The minimum Gasteiger partial charge on any atom is -0.377 e. The zero-order chi connectivity index (χ0) is 14.7. The Morgan fingerprint density at radius 1 is 1.50 bits per heavy atom. The highest BCUT2D eigenvalue weighted by Crippen LogP contribution is 2.25. The second-order valence-electron chi connectivity index (χ2n) is 4.70. The van der Waals surface area contributed by atoms with E-state index in [0.29, 0.717) is 11.3 Å². The molecule has 106 valence electrons. The lowest BCUT2D eigenvalue weighted by Crippen LogP contribution is -2.43. The number of aliphatic hydroxyl groups excluding tert-OH is 1. The van der Waals surface area contributed by atoms with E-state index < -0.39 is 6.10 Å². The van der Waals surface area contributed by atoms with Gasteiger partial charge in [0.2, 0.25) is 11.2 Å². The average molecular weight is 277 g/mol. The molecule has 0 fully saturated rings. The highest BCUT2D eigenvalue weighted by molar-refractivity contribution is 5.87. The van der Waals surface area contributed by atoms with Crippen LogP contribution >= 0.6 is 0 Å². The molecule has 0 radical (unpaired) electrons. The second kappa shape index (κ2) is 5.79. The summed E-state index contributed by atoms with van der Waals surface area (Å²) in [4.78, 5) is 15.2. The number of aromatic nitrogens is 3. The van der Waals surface area contributed by atoms with Gasteiger partial charge in [0, 0.05) is 38.7 Å². The Hall–Kier alpha value is -2.28. The van der Waals surface area contributed by atoms with E-state index in [4.69, 9.17) is 4.52 Å². The van der Waals surface area contributed by atoms with Crippen molar-refractivity contribution in [1.29, 1.82) is 0 Å². The van der Waals surface area contributed by atoms with Crippen molar-refractivity contribution in [2.75, 3.05) is 5.32 Å². The molecule has 0 aromatic carbocycles. The van der Waals surface area contributed by atoms with E-state index in [1.165, 1.54) is 11.6 Å². The fraction of sp³-hybridized carbons (Fsp3) is 0.385. The van der Waals surface area contributed by atoms with Gasteiger partial charge in [0.05, 0.1) is 0 Å². The van der Waals surface area contributed by atoms with Crippen molar-refractivity contribution in [3.05, 3.63) is 35.8 Å². The summed E-state index contributed by atoms with van der Waals surface area (Å²) < 4.78 is 6.64. The number of amides is 1. The monoisotopic (exact) mass is 277 g/mol. The fourth-order valence-corrected chi connectivity index (χ4v) is 1.84. The largest absolute Gasteiger partial charge is 0.377 e. The molecular formula is C13H17N4O3+. The summed E-state index contributed by atoms with van der Waals surface area (Å²) in [5.41, 5.74) is 0.986. The first-order chi connectivity index (χ1) is 9.50. The van der Waals surface area contributed by atoms with Crippen LogP contribution in [0.15, 0.2) is 29.0 Å². The molecule has 7 heteroatoms. The maximum Gasteiger partial charge on any atom is 0.308 e. The van der Waals surface area contributed by atoms with Crippen LogP contribution in [0.25, 0.3) is 0 Å². The van der Waals surface area contributed by atoms with Gasteiger partial charge in [-0.05, 0) is 10.7 Å². The van der Waals surface area contributed by atoms with Gasteiger partial charge < -0.3 is 5.11 Å². The number of aliphatic hydroxyl groups is 1. The number of carbonyl (C=O) groups is 1. The normalized spacial score (nSPS) is 12.4. The third-order valence-corrected chi connectivity index (χ3v) is 2.74. The van der Waals surface area contributed by atoms with Crippen molar-refractivity contribution in [3.8, 4) is 0 Å². The van der Waals surface area contributed by atoms with Crippen LogP contribution in [0.3, 0.4) is 0 Å². The van der Waals surface area contributed by atoms with Crippen LogP contribution in [0.4, 0.5) is 5.88 Å². The summed E-state index contributed by atoms with van der Waals surface area (Å²) in [6, 6.07) is 3.44. The molecule has 1 unspecified atom stereocenters. The number of nitrogens with zero attached hydrogens (tertiary/aromatic N) is 3. The van der Waals surface area contributed by atoms with Crippen LogP contribution in [-0.4, -0.2) is 21.3 Å². The van der Waals surface area contributed by atoms with Gasteiger partial charge in [-0.2, -0.15) is 0 Å². The summed E-state index contributed by atoms with van der Waals surface area (Å²) in [6.07, 6.45) is 2.19. The third kappa shape index (κ3) is 2.83. The van der Waals surface area contributed by atoms with E-state index in [0.717, 1.165) is 0 Å². The summed E-state index contributed by atoms with van der Waals surface area (Å²) in [6.45, 7) is 5.17. The van der Waals surface area contributed by atoms with E-state index in [1.807, 2.05) is 13.8 Å². The first-order valence-corrected chi connectivity index (χ1v) is 6.27. The topological polar surface area (TPSA) is 92.1 Å². The number of hydrogen-bond donors (Lipinski definition) is 2. The van der Waals surface area contributed by atoms with Gasteiger partial charge in [0.25, 0.3) is 0 Å². The van der Waals surface area contributed by atoms with Gasteiger partial charge >= 0.3 is 11.6 Å². The molecule has 2 N–H and O–H groups in total. The highest BCUT2D eigenvalue weighted by Gasteiger charge is 2.34. The van der Waals surface area contributed by atoms with Gasteiger partial charge in [-0.25, -0.2) is 0 Å². The van der Waals surface area contributed by atoms with Crippen molar-refractivity contribution >= 4 is 11.8 Å². The lowest BCUT2D eigenvalue weighted by Gasteiger charge is -2.07. The van der Waals surface area contributed by atoms with Crippen molar-refractivity contribution < 1.29 is 19.1 Å². The molecule has 2 heterocycles. The lowest BCUT2D eigenvalue weighted by molar-refractivity contribution is -0.787. The van der Waals surface area contributed by atoms with Gasteiger partial charge in [-0.1, -0.05) is 6.07 Å². The Morgan fingerprint density at radius 2 is 2.25 bits per heavy atom. The summed E-state index contributed by atoms with van der Waals surface area (Å²) in [7, 11) is 0. The predicted molar refractivity (Wildman–Crippen MR) is 69.7 cm³/mol. The zero-order valence-electron chi connectivity index (χ0n) is 11.6. The fourth-order valence-electron chi connectivity index (χ4n) is 1.84. The highest BCUT2D eigenvalue weighted by atomic mass is 16.5. The van der Waals surface area contributed by atoms with Crippen LogP contribution in [-0.2, 0) is 4.79 Å². The Kier molecular flexibility index (Phi) is 4.09. The SMILES string of the molecule is CC(=O)Nc1on[n+](C(C)C)c1C(O)c1cccnc1. The van der Waals surface area contributed by atoms with Gasteiger partial charge in [-0.15, -0.1) is 0 Å². The molecule has 2 rings (SSSR count). The second-order valence-corrected chi connectivity index (χ2v) is 4.70. The molecular weight excluding hydrogens is 260 g/mol. The first-order valence-electron chi connectivity index (χ1n) is 6.27. The number of nitrogens with one attached hydrogen (secondary N) is 1. The summed E-state index contributed by atoms with van der Waals surface area (Å²) in [5.74, 6) is -0.153. The van der Waals surface area contributed by atoms with Crippen molar-refractivity contribution in [2.45, 2.75) is 32.9 Å². The maximum absolute atomic E-state index is 11.2. The van der Waals surface area contributed by atoms with Crippen molar-refractivity contribution in [3.63, 3.8) is 0 Å². The Morgan fingerprint density at radius 3 is 2.80 bits per heavy atom. The van der Waals surface area contributed by atoms with E-state index in [-0.39, 0.29) is 17.8 Å². The minimum absolute atomic E-state index is 0.0254. The molecule has 0 aliphatic rings. The molecule has 0 aliphatic carbocycles. The molecule has 20 heavy (non-hydrogen) atoms. The molecule has 2 aromatic rings. The molecule has 0 spiro atoms.